The Kier molecular flexibility index (Phi) is 4.71. The average molecular weight is 241 g/mol. The first-order valence-electron chi connectivity index (χ1n) is 4.96. The Morgan fingerprint density at radius 2 is 2.38 bits per heavy atom. The van der Waals surface area contributed by atoms with Crippen molar-refractivity contribution in [3.8, 4) is 0 Å². The predicted molar refractivity (Wildman–Crippen MR) is 66.0 cm³/mol. The van der Waals surface area contributed by atoms with Gasteiger partial charge >= 0.3 is 6.03 Å². The first kappa shape index (κ1) is 12.4. The third-order valence-corrected chi connectivity index (χ3v) is 2.90. The van der Waals surface area contributed by atoms with E-state index >= 15 is 0 Å². The van der Waals surface area contributed by atoms with Crippen LogP contribution >= 0.6 is 11.3 Å². The molecule has 16 heavy (non-hydrogen) atoms. The molecule has 6 nitrogen and oxygen atoms in total. The maximum Gasteiger partial charge on any atom is 0.332 e. The molecule has 0 saturated heterocycles. The van der Waals surface area contributed by atoms with Crippen LogP contribution in [0.15, 0.2) is 11.3 Å². The largest absolute Gasteiger partial charge is 0.350 e. The Morgan fingerprint density at radius 1 is 1.69 bits per heavy atom. The number of anilines is 1. The predicted octanol–water partition coefficient (Wildman–Crippen LogP) is 0.992. The van der Waals surface area contributed by atoms with Crippen molar-refractivity contribution in [2.75, 3.05) is 18.0 Å². The molecule has 0 aromatic carbocycles. The molecule has 0 radical (unpaired) electrons. The minimum atomic E-state index is -0.676. The molecule has 0 bridgehead atoms. The summed E-state index contributed by atoms with van der Waals surface area (Å²) in [4.78, 5) is 17.7. The molecule has 0 aliphatic carbocycles. The molecular weight excluding hydrogens is 226 g/mol. The van der Waals surface area contributed by atoms with Gasteiger partial charge in [-0.05, 0) is 13.8 Å². The van der Waals surface area contributed by atoms with E-state index in [1.165, 1.54) is 17.6 Å². The van der Waals surface area contributed by atoms with Gasteiger partial charge in [-0.2, -0.15) is 5.10 Å². The van der Waals surface area contributed by atoms with E-state index in [0.717, 1.165) is 23.1 Å². The second-order valence-electron chi connectivity index (χ2n) is 2.95. The summed E-state index contributed by atoms with van der Waals surface area (Å²) in [6.07, 6.45) is 3.24. The van der Waals surface area contributed by atoms with Gasteiger partial charge in [-0.25, -0.2) is 15.2 Å². The highest BCUT2D eigenvalue weighted by atomic mass is 32.1. The van der Waals surface area contributed by atoms with Crippen molar-refractivity contribution in [2.45, 2.75) is 13.8 Å². The molecule has 7 heteroatoms. The molecular formula is C9H15N5OS. The SMILES string of the molecule is CCN(CC)c1ncc(/C=N/NC(N)=O)s1. The molecule has 0 aliphatic heterocycles. The normalized spacial score (nSPS) is 10.6. The number of nitrogens with two attached hydrogens (primary N) is 1. The molecule has 0 saturated carbocycles. The number of hydrogen-bond acceptors (Lipinski definition) is 5. The van der Waals surface area contributed by atoms with Gasteiger partial charge in [0.2, 0.25) is 0 Å². The molecule has 0 aliphatic rings. The lowest BCUT2D eigenvalue weighted by Crippen LogP contribution is -2.24. The third kappa shape index (κ3) is 3.50. The number of rotatable bonds is 5. The highest BCUT2D eigenvalue weighted by Gasteiger charge is 2.06. The van der Waals surface area contributed by atoms with Gasteiger partial charge in [0.1, 0.15) is 0 Å². The molecule has 0 spiro atoms. The quantitative estimate of drug-likeness (QED) is 0.595. The minimum absolute atomic E-state index is 0.676. The number of nitrogens with zero attached hydrogens (tertiary/aromatic N) is 3. The Bertz CT molecular complexity index is 372. The van der Waals surface area contributed by atoms with E-state index in [9.17, 15) is 4.79 Å². The lowest BCUT2D eigenvalue weighted by molar-refractivity contribution is 0.249. The van der Waals surface area contributed by atoms with Crippen LogP contribution in [0.3, 0.4) is 0 Å². The fourth-order valence-corrected chi connectivity index (χ4v) is 2.05. The molecule has 88 valence electrons. The summed E-state index contributed by atoms with van der Waals surface area (Å²) >= 11 is 1.52. The van der Waals surface area contributed by atoms with Gasteiger partial charge in [0.05, 0.1) is 11.1 Å². The Hall–Kier alpha value is -1.63. The van der Waals surface area contributed by atoms with Crippen LogP contribution in [0.1, 0.15) is 18.7 Å². The van der Waals surface area contributed by atoms with Crippen LogP contribution in [0.4, 0.5) is 9.93 Å². The van der Waals surface area contributed by atoms with Crippen LogP contribution in [-0.2, 0) is 0 Å². The topological polar surface area (TPSA) is 83.6 Å². The molecule has 2 amide bonds. The number of carbonyl (C=O) groups excluding carboxylic acids is 1. The van der Waals surface area contributed by atoms with Crippen LogP contribution in [0.2, 0.25) is 0 Å². The molecule has 1 heterocycles. The average Bonchev–Trinajstić information content (AvgIpc) is 2.68. The summed E-state index contributed by atoms with van der Waals surface area (Å²) in [5, 5.41) is 4.62. The van der Waals surface area contributed by atoms with Crippen molar-refractivity contribution in [3.63, 3.8) is 0 Å². The molecule has 1 rings (SSSR count). The van der Waals surface area contributed by atoms with Gasteiger partial charge < -0.3 is 10.6 Å². The zero-order valence-corrected chi connectivity index (χ0v) is 10.1. The number of hydrazone groups is 1. The smallest absolute Gasteiger partial charge is 0.332 e. The number of nitrogens with one attached hydrogen (secondary N) is 1. The molecule has 0 unspecified atom stereocenters. The fourth-order valence-electron chi connectivity index (χ4n) is 1.14. The van der Waals surface area contributed by atoms with Crippen molar-refractivity contribution < 1.29 is 4.79 Å². The van der Waals surface area contributed by atoms with E-state index < -0.39 is 6.03 Å². The number of amides is 2. The number of carbonyl (C=O) groups is 1. The molecule has 1 aromatic heterocycles. The van der Waals surface area contributed by atoms with E-state index in [1.807, 2.05) is 0 Å². The van der Waals surface area contributed by atoms with Crippen LogP contribution in [0.5, 0.6) is 0 Å². The molecule has 3 N–H and O–H groups in total. The van der Waals surface area contributed by atoms with Crippen molar-refractivity contribution in [1.29, 1.82) is 0 Å². The van der Waals surface area contributed by atoms with Gasteiger partial charge in [-0.15, -0.1) is 0 Å². The van der Waals surface area contributed by atoms with Crippen molar-refractivity contribution in [1.82, 2.24) is 10.4 Å². The summed E-state index contributed by atoms with van der Waals surface area (Å²) in [7, 11) is 0. The highest BCUT2D eigenvalue weighted by Crippen LogP contribution is 2.20. The van der Waals surface area contributed by atoms with Gasteiger partial charge in [0.15, 0.2) is 5.13 Å². The maximum absolute atomic E-state index is 10.4. The summed E-state index contributed by atoms with van der Waals surface area (Å²) in [6, 6.07) is -0.676. The highest BCUT2D eigenvalue weighted by molar-refractivity contribution is 7.17. The summed E-state index contributed by atoms with van der Waals surface area (Å²) < 4.78 is 0. The molecule has 0 fully saturated rings. The summed E-state index contributed by atoms with van der Waals surface area (Å²) in [5.74, 6) is 0. The zero-order valence-electron chi connectivity index (χ0n) is 9.30. The van der Waals surface area contributed by atoms with Crippen LogP contribution < -0.4 is 16.1 Å². The zero-order chi connectivity index (χ0) is 12.0. The first-order chi connectivity index (χ1) is 7.67. The fraction of sp³-hybridized carbons (Fsp3) is 0.444. The maximum atomic E-state index is 10.4. The van der Waals surface area contributed by atoms with Gasteiger partial charge in [0.25, 0.3) is 0 Å². The van der Waals surface area contributed by atoms with E-state index in [2.05, 4.69) is 34.3 Å². The van der Waals surface area contributed by atoms with Crippen LogP contribution in [0.25, 0.3) is 0 Å². The monoisotopic (exact) mass is 241 g/mol. The number of primary amides is 1. The van der Waals surface area contributed by atoms with Gasteiger partial charge in [0, 0.05) is 19.3 Å². The third-order valence-electron chi connectivity index (χ3n) is 1.91. The Labute approximate surface area is 98.2 Å². The number of urea groups is 1. The lowest BCUT2D eigenvalue weighted by atomic mass is 10.6. The van der Waals surface area contributed by atoms with E-state index in [0.29, 0.717) is 0 Å². The minimum Gasteiger partial charge on any atom is -0.350 e. The van der Waals surface area contributed by atoms with E-state index in [1.54, 1.807) is 6.20 Å². The second-order valence-corrected chi connectivity index (χ2v) is 3.99. The molecule has 1 aromatic rings. The number of hydrogen-bond donors (Lipinski definition) is 2. The van der Waals surface area contributed by atoms with Gasteiger partial charge in [-0.1, -0.05) is 11.3 Å². The van der Waals surface area contributed by atoms with E-state index in [4.69, 9.17) is 5.73 Å². The summed E-state index contributed by atoms with van der Waals surface area (Å²) in [6.45, 7) is 5.99. The van der Waals surface area contributed by atoms with E-state index in [-0.39, 0.29) is 0 Å². The Balaban J connectivity index is 2.64. The summed E-state index contributed by atoms with van der Waals surface area (Å²) in [5.41, 5.74) is 7.00. The Morgan fingerprint density at radius 3 is 2.94 bits per heavy atom. The van der Waals surface area contributed by atoms with Gasteiger partial charge in [-0.3, -0.25) is 0 Å². The van der Waals surface area contributed by atoms with Crippen molar-refractivity contribution in [3.05, 3.63) is 11.1 Å². The molecule has 0 atom stereocenters. The first-order valence-corrected chi connectivity index (χ1v) is 5.78. The van der Waals surface area contributed by atoms with Crippen molar-refractivity contribution in [2.24, 2.45) is 10.8 Å². The second kappa shape index (κ2) is 6.06. The number of thiazole rings is 1. The standard InChI is InChI=1S/C9H15N5OS/c1-3-14(4-2)9-11-5-7(16-9)6-12-13-8(10)15/h5-6H,3-4H2,1-2H3,(H3,10,13,15)/b12-6+. The van der Waals surface area contributed by atoms with Crippen molar-refractivity contribution >= 4 is 28.7 Å². The lowest BCUT2D eigenvalue weighted by Gasteiger charge is -2.16. The number of aromatic nitrogens is 1. The van der Waals surface area contributed by atoms with Crippen LogP contribution in [-0.4, -0.2) is 30.3 Å². The van der Waals surface area contributed by atoms with Crippen LogP contribution in [0, 0.1) is 0 Å².